The fourth-order valence-electron chi connectivity index (χ4n) is 1.39. The topological polar surface area (TPSA) is 20.2 Å². The third-order valence-corrected chi connectivity index (χ3v) is 2.04. The minimum Gasteiger partial charge on any atom is -0.396 e. The molecule has 0 radical (unpaired) electrons. The molecule has 0 bridgehead atoms. The van der Waals surface area contributed by atoms with E-state index in [0.717, 1.165) is 19.3 Å². The van der Waals surface area contributed by atoms with E-state index in [1.54, 1.807) is 0 Å². The van der Waals surface area contributed by atoms with Crippen molar-refractivity contribution in [3.05, 3.63) is 0 Å². The Bertz CT molecular complexity index is 123. The molecular weight excluding hydrogens is 112 g/mol. The SMILES string of the molecule is C#C[C@@H]1CC[C@H](CO)C1. The van der Waals surface area contributed by atoms with Gasteiger partial charge in [-0.2, -0.15) is 0 Å². The minimum atomic E-state index is 0.318. The molecule has 0 aliphatic heterocycles. The van der Waals surface area contributed by atoms with Crippen LogP contribution < -0.4 is 0 Å². The molecule has 0 unspecified atom stereocenters. The van der Waals surface area contributed by atoms with Gasteiger partial charge in [0.25, 0.3) is 0 Å². The van der Waals surface area contributed by atoms with Gasteiger partial charge in [0.1, 0.15) is 0 Å². The van der Waals surface area contributed by atoms with Gasteiger partial charge >= 0.3 is 0 Å². The Morgan fingerprint density at radius 3 is 2.67 bits per heavy atom. The van der Waals surface area contributed by atoms with Gasteiger partial charge in [-0.05, 0) is 25.2 Å². The molecule has 9 heavy (non-hydrogen) atoms. The third kappa shape index (κ3) is 1.46. The molecule has 0 aromatic rings. The van der Waals surface area contributed by atoms with Crippen molar-refractivity contribution in [1.82, 2.24) is 0 Å². The molecule has 0 amide bonds. The largest absolute Gasteiger partial charge is 0.396 e. The Labute approximate surface area is 56.1 Å². The molecule has 0 spiro atoms. The zero-order valence-electron chi connectivity index (χ0n) is 5.51. The predicted molar refractivity (Wildman–Crippen MR) is 36.7 cm³/mol. The van der Waals surface area contributed by atoms with Crippen LogP contribution >= 0.6 is 0 Å². The van der Waals surface area contributed by atoms with Gasteiger partial charge in [0.2, 0.25) is 0 Å². The zero-order chi connectivity index (χ0) is 6.69. The maximum Gasteiger partial charge on any atom is 0.0459 e. The molecule has 1 nitrogen and oxygen atoms in total. The van der Waals surface area contributed by atoms with E-state index in [4.69, 9.17) is 11.5 Å². The first-order valence-electron chi connectivity index (χ1n) is 3.43. The Kier molecular flexibility index (Phi) is 2.13. The van der Waals surface area contributed by atoms with Crippen molar-refractivity contribution in [2.24, 2.45) is 11.8 Å². The van der Waals surface area contributed by atoms with Gasteiger partial charge in [0.15, 0.2) is 0 Å². The first kappa shape index (κ1) is 6.64. The molecule has 0 aromatic heterocycles. The number of hydrogen-bond acceptors (Lipinski definition) is 1. The molecule has 1 rings (SSSR count). The lowest BCUT2D eigenvalue weighted by molar-refractivity contribution is 0.228. The first-order chi connectivity index (χ1) is 4.36. The maximum atomic E-state index is 8.71. The first-order valence-corrected chi connectivity index (χ1v) is 3.43. The molecule has 1 N–H and O–H groups in total. The van der Waals surface area contributed by atoms with Crippen LogP contribution in [0, 0.1) is 24.2 Å². The minimum absolute atomic E-state index is 0.318. The lowest BCUT2D eigenvalue weighted by atomic mass is 10.1. The van der Waals surface area contributed by atoms with Gasteiger partial charge < -0.3 is 5.11 Å². The normalized spacial score (nSPS) is 34.2. The molecule has 1 fully saturated rings. The molecule has 1 aliphatic carbocycles. The summed E-state index contributed by atoms with van der Waals surface area (Å²) < 4.78 is 0. The average Bonchev–Trinajstić information content (AvgIpc) is 2.34. The van der Waals surface area contributed by atoms with Gasteiger partial charge in [0, 0.05) is 12.5 Å². The molecule has 50 valence electrons. The summed E-state index contributed by atoms with van der Waals surface area (Å²) in [7, 11) is 0. The standard InChI is InChI=1S/C8H12O/c1-2-7-3-4-8(5-7)6-9/h1,7-9H,3-6H2/t7-,8+/m1/s1. The van der Waals surface area contributed by atoms with Crippen molar-refractivity contribution in [2.45, 2.75) is 19.3 Å². The predicted octanol–water partition coefficient (Wildman–Crippen LogP) is 1.03. The summed E-state index contributed by atoms with van der Waals surface area (Å²) in [6, 6.07) is 0. The van der Waals surface area contributed by atoms with E-state index in [0.29, 0.717) is 18.4 Å². The van der Waals surface area contributed by atoms with E-state index in [1.165, 1.54) is 0 Å². The van der Waals surface area contributed by atoms with E-state index >= 15 is 0 Å². The summed E-state index contributed by atoms with van der Waals surface area (Å²) >= 11 is 0. The van der Waals surface area contributed by atoms with E-state index in [2.05, 4.69) is 5.92 Å². The Morgan fingerprint density at radius 1 is 1.56 bits per heavy atom. The summed E-state index contributed by atoms with van der Waals surface area (Å²) in [5, 5.41) is 8.71. The van der Waals surface area contributed by atoms with Gasteiger partial charge in [0.05, 0.1) is 0 Å². The summed E-state index contributed by atoms with van der Waals surface area (Å²) in [4.78, 5) is 0. The van der Waals surface area contributed by atoms with Crippen LogP contribution in [0.1, 0.15) is 19.3 Å². The second kappa shape index (κ2) is 2.89. The number of rotatable bonds is 1. The van der Waals surface area contributed by atoms with Crippen molar-refractivity contribution in [2.75, 3.05) is 6.61 Å². The lowest BCUT2D eigenvalue weighted by Gasteiger charge is -2.01. The molecule has 1 saturated carbocycles. The van der Waals surface area contributed by atoms with Gasteiger partial charge in [-0.25, -0.2) is 0 Å². The molecule has 0 aromatic carbocycles. The quantitative estimate of drug-likeness (QED) is 0.517. The van der Waals surface area contributed by atoms with E-state index in [9.17, 15) is 0 Å². The van der Waals surface area contributed by atoms with Gasteiger partial charge in [-0.15, -0.1) is 12.3 Å². The van der Waals surface area contributed by atoms with Crippen LogP contribution in [-0.4, -0.2) is 11.7 Å². The van der Waals surface area contributed by atoms with Gasteiger partial charge in [-0.1, -0.05) is 0 Å². The van der Waals surface area contributed by atoms with Crippen LogP contribution in [-0.2, 0) is 0 Å². The van der Waals surface area contributed by atoms with Crippen molar-refractivity contribution < 1.29 is 5.11 Å². The second-order valence-electron chi connectivity index (χ2n) is 2.73. The monoisotopic (exact) mass is 124 g/mol. The summed E-state index contributed by atoms with van der Waals surface area (Å²) in [6.07, 6.45) is 8.48. The lowest BCUT2D eigenvalue weighted by Crippen LogP contribution is -1.99. The maximum absolute atomic E-state index is 8.71. The van der Waals surface area contributed by atoms with E-state index < -0.39 is 0 Å². The van der Waals surface area contributed by atoms with Crippen LogP contribution in [0.3, 0.4) is 0 Å². The van der Waals surface area contributed by atoms with Crippen molar-refractivity contribution >= 4 is 0 Å². The van der Waals surface area contributed by atoms with Crippen LogP contribution in [0.25, 0.3) is 0 Å². The highest BCUT2D eigenvalue weighted by atomic mass is 16.3. The highest BCUT2D eigenvalue weighted by molar-refractivity contribution is 4.97. The van der Waals surface area contributed by atoms with Crippen molar-refractivity contribution in [3.63, 3.8) is 0 Å². The van der Waals surface area contributed by atoms with Crippen LogP contribution in [0.2, 0.25) is 0 Å². The number of aliphatic hydroxyl groups excluding tert-OH is 1. The highest BCUT2D eigenvalue weighted by Gasteiger charge is 2.21. The Morgan fingerprint density at radius 2 is 2.33 bits per heavy atom. The fraction of sp³-hybridized carbons (Fsp3) is 0.750. The average molecular weight is 124 g/mol. The summed E-state index contributed by atoms with van der Waals surface area (Å²) in [6.45, 7) is 0.318. The number of terminal acetylenes is 1. The molecule has 0 saturated heterocycles. The van der Waals surface area contributed by atoms with Gasteiger partial charge in [-0.3, -0.25) is 0 Å². The van der Waals surface area contributed by atoms with E-state index in [1.807, 2.05) is 0 Å². The second-order valence-corrected chi connectivity index (χ2v) is 2.73. The van der Waals surface area contributed by atoms with Crippen LogP contribution in [0.4, 0.5) is 0 Å². The summed E-state index contributed by atoms with van der Waals surface area (Å²) in [5.74, 6) is 3.66. The van der Waals surface area contributed by atoms with Crippen molar-refractivity contribution in [3.8, 4) is 12.3 Å². The van der Waals surface area contributed by atoms with E-state index in [-0.39, 0.29) is 0 Å². The highest BCUT2D eigenvalue weighted by Crippen LogP contribution is 2.29. The molecule has 1 aliphatic rings. The Balaban J connectivity index is 2.31. The number of hydrogen-bond donors (Lipinski definition) is 1. The Hall–Kier alpha value is -0.480. The fourth-order valence-corrected chi connectivity index (χ4v) is 1.39. The molecule has 1 heteroatoms. The molecule has 0 heterocycles. The third-order valence-electron chi connectivity index (χ3n) is 2.04. The van der Waals surface area contributed by atoms with Crippen LogP contribution in [0.15, 0.2) is 0 Å². The van der Waals surface area contributed by atoms with Crippen molar-refractivity contribution in [1.29, 1.82) is 0 Å². The molecular formula is C8H12O. The molecule has 2 atom stereocenters. The number of aliphatic hydroxyl groups is 1. The zero-order valence-corrected chi connectivity index (χ0v) is 5.51. The summed E-state index contributed by atoms with van der Waals surface area (Å²) in [5.41, 5.74) is 0. The van der Waals surface area contributed by atoms with Crippen LogP contribution in [0.5, 0.6) is 0 Å². The smallest absolute Gasteiger partial charge is 0.0459 e.